The van der Waals surface area contributed by atoms with Crippen LogP contribution in [-0.4, -0.2) is 30.5 Å². The van der Waals surface area contributed by atoms with E-state index < -0.39 is 5.60 Å². The minimum atomic E-state index is -0.556. The first-order valence-corrected chi connectivity index (χ1v) is 7.68. The number of hydrogen-bond acceptors (Lipinski definition) is 4. The predicted molar refractivity (Wildman–Crippen MR) is 84.6 cm³/mol. The molecule has 120 valence electrons. The van der Waals surface area contributed by atoms with Gasteiger partial charge in [-0.05, 0) is 25.1 Å². The molecule has 1 saturated heterocycles. The van der Waals surface area contributed by atoms with Gasteiger partial charge in [-0.25, -0.2) is 0 Å². The molecule has 0 atom stereocenters. The summed E-state index contributed by atoms with van der Waals surface area (Å²) in [6, 6.07) is 3.78. The van der Waals surface area contributed by atoms with Crippen molar-refractivity contribution in [3.8, 4) is 0 Å². The first-order chi connectivity index (χ1) is 9.70. The molecule has 2 rings (SSSR count). The normalized spacial score (nSPS) is 18.0. The van der Waals surface area contributed by atoms with E-state index in [2.05, 4.69) is 11.8 Å². The van der Waals surface area contributed by atoms with Crippen LogP contribution >= 0.6 is 12.4 Å². The van der Waals surface area contributed by atoms with E-state index in [0.717, 1.165) is 38.2 Å². The lowest BCUT2D eigenvalue weighted by atomic mass is 9.88. The number of esters is 1. The second-order valence-electron chi connectivity index (χ2n) is 5.49. The van der Waals surface area contributed by atoms with Gasteiger partial charge in [0.25, 0.3) is 0 Å². The molecule has 2 heterocycles. The largest absolute Gasteiger partial charge is 0.465 e. The molecule has 1 aliphatic heterocycles. The molecule has 0 aromatic carbocycles. The maximum atomic E-state index is 11.8. The van der Waals surface area contributed by atoms with Crippen LogP contribution in [0, 0.1) is 0 Å². The highest BCUT2D eigenvalue weighted by atomic mass is 35.5. The molecule has 0 N–H and O–H groups in total. The number of nitrogens with zero attached hydrogens (tertiary/aromatic N) is 1. The summed E-state index contributed by atoms with van der Waals surface area (Å²) >= 11 is 0. The third-order valence-corrected chi connectivity index (χ3v) is 4.06. The monoisotopic (exact) mass is 315 g/mol. The van der Waals surface area contributed by atoms with E-state index in [1.54, 1.807) is 6.26 Å². The van der Waals surface area contributed by atoms with Gasteiger partial charge in [-0.2, -0.15) is 0 Å². The van der Waals surface area contributed by atoms with Gasteiger partial charge in [0.1, 0.15) is 5.76 Å². The number of rotatable bonds is 6. The Morgan fingerprint density at radius 1 is 1.38 bits per heavy atom. The van der Waals surface area contributed by atoms with Gasteiger partial charge in [0.2, 0.25) is 0 Å². The lowest BCUT2D eigenvalue weighted by Crippen LogP contribution is -2.45. The van der Waals surface area contributed by atoms with E-state index in [1.807, 2.05) is 19.1 Å². The number of halogens is 1. The first-order valence-electron chi connectivity index (χ1n) is 7.68. The summed E-state index contributed by atoms with van der Waals surface area (Å²) in [6.45, 7) is 7.08. The van der Waals surface area contributed by atoms with E-state index in [4.69, 9.17) is 9.15 Å². The lowest BCUT2D eigenvalue weighted by molar-refractivity contribution is -0.169. The number of piperidine rings is 1. The Morgan fingerprint density at radius 3 is 2.62 bits per heavy atom. The van der Waals surface area contributed by atoms with Crippen LogP contribution in [0.25, 0.3) is 0 Å². The molecule has 0 spiro atoms. The summed E-state index contributed by atoms with van der Waals surface area (Å²) in [4.78, 5) is 14.2. The Labute approximate surface area is 133 Å². The Morgan fingerprint density at radius 2 is 2.10 bits per heavy atom. The SMILES string of the molecule is CCCCN1CCC(OC(=O)CC)(c2ccco2)CC1.Cl. The molecule has 21 heavy (non-hydrogen) atoms. The van der Waals surface area contributed by atoms with Gasteiger partial charge in [0.05, 0.1) is 6.26 Å². The van der Waals surface area contributed by atoms with Crippen molar-refractivity contribution in [1.29, 1.82) is 0 Å². The fourth-order valence-electron chi connectivity index (χ4n) is 2.75. The maximum Gasteiger partial charge on any atom is 0.306 e. The molecule has 1 fully saturated rings. The van der Waals surface area contributed by atoms with Gasteiger partial charge in [-0.3, -0.25) is 4.79 Å². The van der Waals surface area contributed by atoms with Crippen LogP contribution in [0.4, 0.5) is 0 Å². The Balaban J connectivity index is 0.00000220. The molecule has 4 nitrogen and oxygen atoms in total. The molecule has 1 aromatic heterocycles. The summed E-state index contributed by atoms with van der Waals surface area (Å²) in [5.74, 6) is 0.637. The number of likely N-dealkylation sites (tertiary alicyclic amines) is 1. The Bertz CT molecular complexity index is 411. The zero-order chi connectivity index (χ0) is 14.4. The molecule has 0 aliphatic carbocycles. The van der Waals surface area contributed by atoms with Crippen molar-refractivity contribution < 1.29 is 13.9 Å². The average Bonchev–Trinajstić information content (AvgIpc) is 3.01. The number of furan rings is 1. The summed E-state index contributed by atoms with van der Waals surface area (Å²) < 4.78 is 11.3. The van der Waals surface area contributed by atoms with Crippen LogP contribution in [0.2, 0.25) is 0 Å². The molecule has 0 amide bonds. The van der Waals surface area contributed by atoms with Crippen molar-refractivity contribution >= 4 is 18.4 Å². The van der Waals surface area contributed by atoms with Crippen molar-refractivity contribution in [2.24, 2.45) is 0 Å². The third-order valence-electron chi connectivity index (χ3n) is 4.06. The number of carbonyl (C=O) groups excluding carboxylic acids is 1. The summed E-state index contributed by atoms with van der Waals surface area (Å²) in [6.07, 6.45) is 6.13. The van der Waals surface area contributed by atoms with E-state index in [1.165, 1.54) is 12.8 Å². The highest BCUT2D eigenvalue weighted by Gasteiger charge is 2.41. The average molecular weight is 316 g/mol. The van der Waals surface area contributed by atoms with Crippen molar-refractivity contribution in [2.45, 2.75) is 51.6 Å². The third kappa shape index (κ3) is 4.48. The summed E-state index contributed by atoms with van der Waals surface area (Å²) in [7, 11) is 0. The maximum absolute atomic E-state index is 11.8. The molecule has 0 radical (unpaired) electrons. The molecular formula is C16H26ClNO3. The van der Waals surface area contributed by atoms with E-state index in [9.17, 15) is 4.79 Å². The van der Waals surface area contributed by atoms with Crippen molar-refractivity contribution in [1.82, 2.24) is 4.90 Å². The van der Waals surface area contributed by atoms with Crippen molar-refractivity contribution in [3.63, 3.8) is 0 Å². The number of ether oxygens (including phenoxy) is 1. The van der Waals surface area contributed by atoms with E-state index >= 15 is 0 Å². The van der Waals surface area contributed by atoms with Gasteiger partial charge in [0, 0.05) is 32.4 Å². The topological polar surface area (TPSA) is 42.7 Å². The first kappa shape index (κ1) is 18.1. The van der Waals surface area contributed by atoms with Gasteiger partial charge >= 0.3 is 5.97 Å². The molecule has 1 aliphatic rings. The van der Waals surface area contributed by atoms with E-state index in [-0.39, 0.29) is 18.4 Å². The van der Waals surface area contributed by atoms with Crippen LogP contribution in [0.15, 0.2) is 22.8 Å². The minimum absolute atomic E-state index is 0. The molecule has 0 bridgehead atoms. The van der Waals surface area contributed by atoms with Gasteiger partial charge < -0.3 is 14.1 Å². The fourth-order valence-corrected chi connectivity index (χ4v) is 2.75. The van der Waals surface area contributed by atoms with Crippen LogP contribution < -0.4 is 0 Å². The lowest BCUT2D eigenvalue weighted by Gasteiger charge is -2.39. The highest BCUT2D eigenvalue weighted by molar-refractivity contribution is 5.85. The van der Waals surface area contributed by atoms with Gasteiger partial charge in [0.15, 0.2) is 5.60 Å². The second-order valence-corrected chi connectivity index (χ2v) is 5.49. The number of carbonyl (C=O) groups is 1. The van der Waals surface area contributed by atoms with Crippen molar-refractivity contribution in [3.05, 3.63) is 24.2 Å². The zero-order valence-electron chi connectivity index (χ0n) is 13.0. The highest BCUT2D eigenvalue weighted by Crippen LogP contribution is 2.37. The van der Waals surface area contributed by atoms with Crippen LogP contribution in [0.3, 0.4) is 0 Å². The Hall–Kier alpha value is -1.00. The fraction of sp³-hybridized carbons (Fsp3) is 0.688. The molecular weight excluding hydrogens is 290 g/mol. The van der Waals surface area contributed by atoms with Crippen molar-refractivity contribution in [2.75, 3.05) is 19.6 Å². The van der Waals surface area contributed by atoms with Crippen LogP contribution in [-0.2, 0) is 15.1 Å². The van der Waals surface area contributed by atoms with Crippen LogP contribution in [0.1, 0.15) is 51.7 Å². The van der Waals surface area contributed by atoms with Gasteiger partial charge in [-0.1, -0.05) is 20.3 Å². The molecule has 0 saturated carbocycles. The second kappa shape index (κ2) is 8.44. The minimum Gasteiger partial charge on any atom is -0.465 e. The summed E-state index contributed by atoms with van der Waals surface area (Å²) in [5, 5.41) is 0. The molecule has 1 aromatic rings. The zero-order valence-corrected chi connectivity index (χ0v) is 13.8. The van der Waals surface area contributed by atoms with E-state index in [0.29, 0.717) is 6.42 Å². The number of unbranched alkanes of at least 4 members (excludes halogenated alkanes) is 1. The van der Waals surface area contributed by atoms with Crippen LogP contribution in [0.5, 0.6) is 0 Å². The van der Waals surface area contributed by atoms with Gasteiger partial charge in [-0.15, -0.1) is 12.4 Å². The Kier molecular flexibility index (Phi) is 7.26. The standard InChI is InChI=1S/C16H25NO3.ClH/c1-3-5-10-17-11-8-16(9-12-17,20-15(18)4-2)14-7-6-13-19-14;/h6-7,13H,3-5,8-12H2,1-2H3;1H. The smallest absolute Gasteiger partial charge is 0.306 e. The predicted octanol–water partition coefficient (Wildman–Crippen LogP) is 3.75. The molecule has 5 heteroatoms. The summed E-state index contributed by atoms with van der Waals surface area (Å²) in [5.41, 5.74) is -0.556. The molecule has 0 unspecified atom stereocenters. The number of hydrogen-bond donors (Lipinski definition) is 0. The quantitative estimate of drug-likeness (QED) is 0.750.